The van der Waals surface area contributed by atoms with Crippen molar-refractivity contribution in [2.24, 2.45) is 5.41 Å². The first kappa shape index (κ1) is 17.9. The van der Waals surface area contributed by atoms with Crippen molar-refractivity contribution in [3.63, 3.8) is 0 Å². The molecular formula is C14H26O5. The van der Waals surface area contributed by atoms with Crippen molar-refractivity contribution in [1.82, 2.24) is 0 Å². The van der Waals surface area contributed by atoms with Gasteiger partial charge in [-0.3, -0.25) is 9.59 Å². The van der Waals surface area contributed by atoms with Gasteiger partial charge in [0.2, 0.25) is 0 Å². The lowest BCUT2D eigenvalue weighted by atomic mass is 9.93. The van der Waals surface area contributed by atoms with E-state index in [0.29, 0.717) is 19.4 Å². The summed E-state index contributed by atoms with van der Waals surface area (Å²) in [7, 11) is 0. The minimum absolute atomic E-state index is 0.0186. The van der Waals surface area contributed by atoms with Crippen molar-refractivity contribution in [3.8, 4) is 0 Å². The smallest absolute Gasteiger partial charge is 0.305 e. The maximum Gasteiger partial charge on any atom is 0.305 e. The normalized spacial score (nSPS) is 11.2. The predicted octanol–water partition coefficient (Wildman–Crippen LogP) is 2.06. The Bertz CT molecular complexity index is 268. The lowest BCUT2D eigenvalue weighted by molar-refractivity contribution is -0.148. The standard InChI is InChI=1S/C14H26O5/c1-14(2,3)8-11-19-13(17)7-5-10-18-12(16)6-4-9-15/h15H,4-11H2,1-3H3. The zero-order valence-corrected chi connectivity index (χ0v) is 12.2. The quantitative estimate of drug-likeness (QED) is 0.514. The summed E-state index contributed by atoms with van der Waals surface area (Å²) in [4.78, 5) is 22.4. The highest BCUT2D eigenvalue weighted by atomic mass is 16.5. The zero-order valence-electron chi connectivity index (χ0n) is 12.2. The Hall–Kier alpha value is -1.10. The lowest BCUT2D eigenvalue weighted by Gasteiger charge is -2.17. The van der Waals surface area contributed by atoms with E-state index in [2.05, 4.69) is 20.8 Å². The summed E-state index contributed by atoms with van der Waals surface area (Å²) in [5, 5.41) is 8.53. The monoisotopic (exact) mass is 274 g/mol. The fraction of sp³-hybridized carbons (Fsp3) is 0.857. The van der Waals surface area contributed by atoms with Gasteiger partial charge in [0.05, 0.1) is 13.2 Å². The molecule has 0 radical (unpaired) electrons. The molecule has 0 aromatic carbocycles. The van der Waals surface area contributed by atoms with Gasteiger partial charge < -0.3 is 14.6 Å². The molecule has 1 N–H and O–H groups in total. The van der Waals surface area contributed by atoms with Crippen LogP contribution >= 0.6 is 0 Å². The number of hydrogen-bond donors (Lipinski definition) is 1. The van der Waals surface area contributed by atoms with E-state index < -0.39 is 0 Å². The van der Waals surface area contributed by atoms with Crippen molar-refractivity contribution < 1.29 is 24.2 Å². The second-order valence-electron chi connectivity index (χ2n) is 5.68. The van der Waals surface area contributed by atoms with Crippen LogP contribution in [-0.2, 0) is 19.1 Å². The van der Waals surface area contributed by atoms with Gasteiger partial charge in [-0.15, -0.1) is 0 Å². The molecule has 0 unspecified atom stereocenters. The first-order valence-electron chi connectivity index (χ1n) is 6.77. The minimum Gasteiger partial charge on any atom is -0.466 e. The van der Waals surface area contributed by atoms with Gasteiger partial charge in [-0.1, -0.05) is 20.8 Å². The van der Waals surface area contributed by atoms with Gasteiger partial charge in [-0.25, -0.2) is 0 Å². The molecule has 0 heterocycles. The minimum atomic E-state index is -0.338. The molecule has 112 valence electrons. The molecule has 0 rings (SSSR count). The lowest BCUT2D eigenvalue weighted by Crippen LogP contribution is -2.14. The van der Waals surface area contributed by atoms with Crippen LogP contribution in [0.4, 0.5) is 0 Å². The third-order valence-electron chi connectivity index (χ3n) is 2.44. The number of carbonyl (C=O) groups is 2. The summed E-state index contributed by atoms with van der Waals surface area (Å²) in [5.41, 5.74) is 0.155. The van der Waals surface area contributed by atoms with E-state index in [1.54, 1.807) is 0 Å². The highest BCUT2D eigenvalue weighted by Crippen LogP contribution is 2.18. The van der Waals surface area contributed by atoms with Gasteiger partial charge in [-0.05, 0) is 24.7 Å². The van der Waals surface area contributed by atoms with Crippen molar-refractivity contribution in [3.05, 3.63) is 0 Å². The molecule has 0 bridgehead atoms. The first-order chi connectivity index (χ1) is 8.85. The molecule has 0 aliphatic heterocycles. The molecule has 19 heavy (non-hydrogen) atoms. The molecule has 0 atom stereocenters. The molecule has 0 aromatic rings. The van der Waals surface area contributed by atoms with Crippen LogP contribution in [0.1, 0.15) is 52.9 Å². The van der Waals surface area contributed by atoms with Crippen molar-refractivity contribution in [2.75, 3.05) is 19.8 Å². The van der Waals surface area contributed by atoms with Crippen LogP contribution < -0.4 is 0 Å². The molecule has 0 amide bonds. The Morgan fingerprint density at radius 2 is 1.47 bits per heavy atom. The number of aliphatic hydroxyl groups is 1. The average molecular weight is 274 g/mol. The first-order valence-corrected chi connectivity index (χ1v) is 6.77. The molecule has 0 fully saturated rings. The van der Waals surface area contributed by atoms with Crippen molar-refractivity contribution in [1.29, 1.82) is 0 Å². The third-order valence-corrected chi connectivity index (χ3v) is 2.44. The second kappa shape index (κ2) is 9.78. The Morgan fingerprint density at radius 3 is 2.00 bits per heavy atom. The molecule has 0 saturated carbocycles. The van der Waals surface area contributed by atoms with Crippen LogP contribution in [0.2, 0.25) is 0 Å². The maximum absolute atomic E-state index is 11.3. The predicted molar refractivity (Wildman–Crippen MR) is 71.5 cm³/mol. The summed E-state index contributed by atoms with van der Waals surface area (Å²) in [6.45, 7) is 6.90. The molecule has 5 heteroatoms. The number of hydrogen-bond acceptors (Lipinski definition) is 5. The topological polar surface area (TPSA) is 72.8 Å². The van der Waals surface area contributed by atoms with Crippen LogP contribution in [0.15, 0.2) is 0 Å². The molecule has 0 aromatic heterocycles. The van der Waals surface area contributed by atoms with Gasteiger partial charge in [0.25, 0.3) is 0 Å². The van der Waals surface area contributed by atoms with E-state index in [1.165, 1.54) is 0 Å². The molecular weight excluding hydrogens is 248 g/mol. The number of esters is 2. The second-order valence-corrected chi connectivity index (χ2v) is 5.68. The molecule has 0 spiro atoms. The van der Waals surface area contributed by atoms with Crippen molar-refractivity contribution in [2.45, 2.75) is 52.9 Å². The number of ether oxygens (including phenoxy) is 2. The van der Waals surface area contributed by atoms with Crippen LogP contribution in [0.5, 0.6) is 0 Å². The van der Waals surface area contributed by atoms with E-state index in [0.717, 1.165) is 6.42 Å². The number of carbonyl (C=O) groups excluding carboxylic acids is 2. The Morgan fingerprint density at radius 1 is 0.947 bits per heavy atom. The van der Waals surface area contributed by atoms with E-state index in [9.17, 15) is 9.59 Å². The fourth-order valence-electron chi connectivity index (χ4n) is 1.24. The zero-order chi connectivity index (χ0) is 14.7. The van der Waals surface area contributed by atoms with Gasteiger partial charge >= 0.3 is 11.9 Å². The summed E-state index contributed by atoms with van der Waals surface area (Å²) in [5.74, 6) is -0.592. The SMILES string of the molecule is CC(C)(C)CCOC(=O)CCCOC(=O)CCCO. The van der Waals surface area contributed by atoms with Gasteiger partial charge in [0.15, 0.2) is 0 Å². The van der Waals surface area contributed by atoms with Crippen molar-refractivity contribution >= 4 is 11.9 Å². The number of aliphatic hydroxyl groups excluding tert-OH is 1. The van der Waals surface area contributed by atoms with E-state index in [4.69, 9.17) is 14.6 Å². The Labute approximate surface area is 115 Å². The van der Waals surface area contributed by atoms with E-state index >= 15 is 0 Å². The third kappa shape index (κ3) is 13.1. The van der Waals surface area contributed by atoms with Crippen LogP contribution in [0.3, 0.4) is 0 Å². The Balaban J connectivity index is 3.46. The largest absolute Gasteiger partial charge is 0.466 e. The summed E-state index contributed by atoms with van der Waals surface area (Å²) >= 11 is 0. The summed E-state index contributed by atoms with van der Waals surface area (Å²) in [6, 6.07) is 0. The van der Waals surface area contributed by atoms with Gasteiger partial charge in [0.1, 0.15) is 0 Å². The highest BCUT2D eigenvalue weighted by Gasteiger charge is 2.11. The van der Waals surface area contributed by atoms with Crippen LogP contribution in [0.25, 0.3) is 0 Å². The molecule has 0 saturated heterocycles. The van der Waals surface area contributed by atoms with Crippen LogP contribution in [-0.4, -0.2) is 36.9 Å². The molecule has 0 aliphatic rings. The van der Waals surface area contributed by atoms with Gasteiger partial charge in [0, 0.05) is 19.4 Å². The fourth-order valence-corrected chi connectivity index (χ4v) is 1.24. The average Bonchev–Trinajstić information content (AvgIpc) is 2.30. The maximum atomic E-state index is 11.3. The summed E-state index contributed by atoms with van der Waals surface area (Å²) in [6.07, 6.45) is 2.19. The van der Waals surface area contributed by atoms with Crippen LogP contribution in [0, 0.1) is 5.41 Å². The Kier molecular flexibility index (Phi) is 9.21. The number of rotatable bonds is 9. The van der Waals surface area contributed by atoms with E-state index in [1.807, 2.05) is 0 Å². The highest BCUT2D eigenvalue weighted by molar-refractivity contribution is 5.70. The summed E-state index contributed by atoms with van der Waals surface area (Å²) < 4.78 is 9.97. The molecule has 5 nitrogen and oxygen atoms in total. The van der Waals surface area contributed by atoms with E-state index in [-0.39, 0.29) is 43.4 Å². The van der Waals surface area contributed by atoms with Gasteiger partial charge in [-0.2, -0.15) is 0 Å². The molecule has 0 aliphatic carbocycles.